The van der Waals surface area contributed by atoms with Gasteiger partial charge in [0.25, 0.3) is 5.91 Å². The molecule has 0 saturated heterocycles. The molecule has 1 heterocycles. The molecule has 2 rings (SSSR count). The van der Waals surface area contributed by atoms with Crippen LogP contribution in [0.5, 0.6) is 17.2 Å². The quantitative estimate of drug-likeness (QED) is 0.684. The molecule has 0 saturated carbocycles. The van der Waals surface area contributed by atoms with Crippen LogP contribution >= 0.6 is 11.3 Å². The van der Waals surface area contributed by atoms with E-state index in [0.29, 0.717) is 53.7 Å². The Bertz CT molecular complexity index is 716. The van der Waals surface area contributed by atoms with E-state index in [4.69, 9.17) is 14.2 Å². The maximum absolute atomic E-state index is 12.7. The van der Waals surface area contributed by atoms with Gasteiger partial charge in [-0.3, -0.25) is 10.1 Å². The second-order valence-corrected chi connectivity index (χ2v) is 6.84. The molecule has 0 unspecified atom stereocenters. The number of nitrogens with one attached hydrogen (secondary N) is 1. The average Bonchev–Trinajstić information content (AvgIpc) is 3.06. The maximum atomic E-state index is 12.7. The highest BCUT2D eigenvalue weighted by atomic mass is 32.1. The molecule has 1 aromatic heterocycles. The molecule has 1 amide bonds. The van der Waals surface area contributed by atoms with Crippen molar-refractivity contribution in [1.82, 2.24) is 4.98 Å². The first kappa shape index (κ1) is 20.0. The molecule has 0 radical (unpaired) electrons. The van der Waals surface area contributed by atoms with Crippen LogP contribution in [0.4, 0.5) is 5.13 Å². The van der Waals surface area contributed by atoms with E-state index in [1.54, 1.807) is 18.3 Å². The second-order valence-electron chi connectivity index (χ2n) is 5.78. The zero-order chi connectivity index (χ0) is 19.1. The van der Waals surface area contributed by atoms with Crippen LogP contribution in [0.3, 0.4) is 0 Å². The smallest absolute Gasteiger partial charge is 0.257 e. The molecule has 0 spiro atoms. The molecule has 1 N–H and O–H groups in total. The van der Waals surface area contributed by atoms with Gasteiger partial charge in [0.15, 0.2) is 16.6 Å². The van der Waals surface area contributed by atoms with E-state index in [1.807, 2.05) is 20.8 Å². The molecule has 0 aliphatic carbocycles. The maximum Gasteiger partial charge on any atom is 0.257 e. The Morgan fingerprint density at radius 3 is 2.12 bits per heavy atom. The standard InChI is InChI=1S/C19H26N2O4S/c1-6-23-14-9-13(10-15(24-7-2)17(14)25-8-3)18(22)21-19-20-11-16(26-19)12(4)5/h9-12H,6-8H2,1-5H3,(H,20,21,22). The van der Waals surface area contributed by atoms with Gasteiger partial charge in [0.2, 0.25) is 5.75 Å². The summed E-state index contributed by atoms with van der Waals surface area (Å²) in [5.74, 6) is 1.61. The topological polar surface area (TPSA) is 69.7 Å². The fourth-order valence-corrected chi connectivity index (χ4v) is 3.11. The normalized spacial score (nSPS) is 10.7. The first-order valence-corrected chi connectivity index (χ1v) is 9.65. The molecule has 0 aliphatic heterocycles. The molecular formula is C19H26N2O4S. The zero-order valence-corrected chi connectivity index (χ0v) is 16.7. The third-order valence-electron chi connectivity index (χ3n) is 3.48. The lowest BCUT2D eigenvalue weighted by Gasteiger charge is -2.16. The molecule has 26 heavy (non-hydrogen) atoms. The molecule has 0 aliphatic rings. The molecule has 2 aromatic rings. The monoisotopic (exact) mass is 378 g/mol. The number of anilines is 1. The lowest BCUT2D eigenvalue weighted by molar-refractivity contribution is 0.102. The highest BCUT2D eigenvalue weighted by molar-refractivity contribution is 7.15. The summed E-state index contributed by atoms with van der Waals surface area (Å²) in [7, 11) is 0. The number of rotatable bonds is 9. The summed E-state index contributed by atoms with van der Waals surface area (Å²) in [6.07, 6.45) is 1.79. The summed E-state index contributed by atoms with van der Waals surface area (Å²) in [6.45, 7) is 11.2. The van der Waals surface area contributed by atoms with Crippen molar-refractivity contribution in [2.45, 2.75) is 40.5 Å². The van der Waals surface area contributed by atoms with E-state index >= 15 is 0 Å². The Morgan fingerprint density at radius 2 is 1.65 bits per heavy atom. The van der Waals surface area contributed by atoms with Gasteiger partial charge in [-0.2, -0.15) is 0 Å². The van der Waals surface area contributed by atoms with Crippen LogP contribution in [-0.4, -0.2) is 30.7 Å². The van der Waals surface area contributed by atoms with E-state index in [-0.39, 0.29) is 5.91 Å². The number of hydrogen-bond donors (Lipinski definition) is 1. The van der Waals surface area contributed by atoms with Crippen molar-refractivity contribution in [2.75, 3.05) is 25.1 Å². The van der Waals surface area contributed by atoms with Crippen molar-refractivity contribution in [1.29, 1.82) is 0 Å². The summed E-state index contributed by atoms with van der Waals surface area (Å²) in [5.41, 5.74) is 0.432. The van der Waals surface area contributed by atoms with Gasteiger partial charge in [0, 0.05) is 16.6 Å². The van der Waals surface area contributed by atoms with Crippen LogP contribution in [0.2, 0.25) is 0 Å². The Kier molecular flexibility index (Phi) is 7.26. The van der Waals surface area contributed by atoms with Crippen LogP contribution in [0, 0.1) is 0 Å². The molecule has 7 heteroatoms. The van der Waals surface area contributed by atoms with Crippen LogP contribution in [0.15, 0.2) is 18.3 Å². The molecule has 142 valence electrons. The number of aromatic nitrogens is 1. The molecular weight excluding hydrogens is 352 g/mol. The van der Waals surface area contributed by atoms with Gasteiger partial charge in [0.05, 0.1) is 19.8 Å². The van der Waals surface area contributed by atoms with Crippen molar-refractivity contribution >= 4 is 22.4 Å². The van der Waals surface area contributed by atoms with Crippen molar-refractivity contribution in [3.05, 3.63) is 28.8 Å². The number of amides is 1. The first-order valence-electron chi connectivity index (χ1n) is 8.83. The van der Waals surface area contributed by atoms with Gasteiger partial charge in [-0.25, -0.2) is 4.98 Å². The van der Waals surface area contributed by atoms with Crippen LogP contribution < -0.4 is 19.5 Å². The van der Waals surface area contributed by atoms with Gasteiger partial charge < -0.3 is 14.2 Å². The minimum atomic E-state index is -0.264. The van der Waals surface area contributed by atoms with E-state index in [1.165, 1.54) is 11.3 Å². The summed E-state index contributed by atoms with van der Waals surface area (Å²) < 4.78 is 17.0. The van der Waals surface area contributed by atoms with Crippen LogP contribution in [0.25, 0.3) is 0 Å². The van der Waals surface area contributed by atoms with E-state index < -0.39 is 0 Å². The van der Waals surface area contributed by atoms with Gasteiger partial charge in [-0.1, -0.05) is 13.8 Å². The van der Waals surface area contributed by atoms with Crippen LogP contribution in [-0.2, 0) is 0 Å². The zero-order valence-electron chi connectivity index (χ0n) is 15.9. The van der Waals surface area contributed by atoms with Gasteiger partial charge >= 0.3 is 0 Å². The minimum Gasteiger partial charge on any atom is -0.490 e. The number of carbonyl (C=O) groups is 1. The Morgan fingerprint density at radius 1 is 1.08 bits per heavy atom. The molecule has 1 aromatic carbocycles. The fraction of sp³-hybridized carbons (Fsp3) is 0.474. The largest absolute Gasteiger partial charge is 0.490 e. The summed E-state index contributed by atoms with van der Waals surface area (Å²) in [4.78, 5) is 18.1. The van der Waals surface area contributed by atoms with Gasteiger partial charge in [-0.15, -0.1) is 11.3 Å². The minimum absolute atomic E-state index is 0.264. The fourth-order valence-electron chi connectivity index (χ4n) is 2.30. The Labute approximate surface area is 158 Å². The van der Waals surface area contributed by atoms with E-state index in [9.17, 15) is 4.79 Å². The predicted octanol–water partition coefficient (Wildman–Crippen LogP) is 4.71. The predicted molar refractivity (Wildman–Crippen MR) is 104 cm³/mol. The number of ether oxygens (including phenoxy) is 3. The summed E-state index contributed by atoms with van der Waals surface area (Å²) >= 11 is 1.47. The molecule has 0 fully saturated rings. The third-order valence-corrected chi connectivity index (χ3v) is 4.70. The summed E-state index contributed by atoms with van der Waals surface area (Å²) in [6, 6.07) is 3.34. The average molecular weight is 378 g/mol. The summed E-state index contributed by atoms with van der Waals surface area (Å²) in [5, 5.41) is 3.41. The lowest BCUT2D eigenvalue weighted by atomic mass is 10.1. The van der Waals surface area contributed by atoms with Crippen molar-refractivity contribution < 1.29 is 19.0 Å². The highest BCUT2D eigenvalue weighted by Crippen LogP contribution is 2.39. The lowest BCUT2D eigenvalue weighted by Crippen LogP contribution is -2.13. The number of hydrogen-bond acceptors (Lipinski definition) is 6. The Balaban J connectivity index is 2.32. The van der Waals surface area contributed by atoms with E-state index in [2.05, 4.69) is 24.1 Å². The third kappa shape index (κ3) is 4.88. The highest BCUT2D eigenvalue weighted by Gasteiger charge is 2.19. The number of thiazole rings is 1. The van der Waals surface area contributed by atoms with E-state index in [0.717, 1.165) is 4.88 Å². The first-order chi connectivity index (χ1) is 12.5. The SMILES string of the molecule is CCOc1cc(C(=O)Nc2ncc(C(C)C)s2)cc(OCC)c1OCC. The van der Waals surface area contributed by atoms with Crippen molar-refractivity contribution in [2.24, 2.45) is 0 Å². The second kappa shape index (κ2) is 9.43. The van der Waals surface area contributed by atoms with Crippen LogP contribution in [0.1, 0.15) is 55.8 Å². The number of carbonyl (C=O) groups excluding carboxylic acids is 1. The molecule has 0 bridgehead atoms. The van der Waals surface area contributed by atoms with Gasteiger partial charge in [-0.05, 0) is 38.8 Å². The molecule has 6 nitrogen and oxygen atoms in total. The Hall–Kier alpha value is -2.28. The number of benzene rings is 1. The molecule has 0 atom stereocenters. The van der Waals surface area contributed by atoms with Gasteiger partial charge in [0.1, 0.15) is 0 Å². The van der Waals surface area contributed by atoms with Crippen molar-refractivity contribution in [3.8, 4) is 17.2 Å². The number of nitrogens with zero attached hydrogens (tertiary/aromatic N) is 1. The van der Waals surface area contributed by atoms with Crippen molar-refractivity contribution in [3.63, 3.8) is 0 Å².